The summed E-state index contributed by atoms with van der Waals surface area (Å²) in [6.07, 6.45) is 1.50. The van der Waals surface area contributed by atoms with Crippen LogP contribution < -0.4 is 5.32 Å². The summed E-state index contributed by atoms with van der Waals surface area (Å²) < 4.78 is 29.9. The largest absolute Gasteiger partial charge is 0.465 e. The fourth-order valence-electron chi connectivity index (χ4n) is 3.94. The first-order chi connectivity index (χ1) is 17.9. The van der Waals surface area contributed by atoms with E-state index in [2.05, 4.69) is 5.32 Å². The molecule has 37 heavy (non-hydrogen) atoms. The summed E-state index contributed by atoms with van der Waals surface area (Å²) in [4.78, 5) is 24.8. The average molecular weight is 506 g/mol. The van der Waals surface area contributed by atoms with Crippen molar-refractivity contribution in [3.63, 3.8) is 0 Å². The van der Waals surface area contributed by atoms with Gasteiger partial charge in [0.05, 0.1) is 25.9 Å². The number of aliphatic hydroxyl groups excluding tert-OH is 1. The Morgan fingerprint density at radius 1 is 0.973 bits per heavy atom. The highest BCUT2D eigenvalue weighted by atomic mass is 19.1. The zero-order valence-corrected chi connectivity index (χ0v) is 20.4. The van der Waals surface area contributed by atoms with Crippen molar-refractivity contribution in [1.82, 2.24) is 5.32 Å². The quantitative estimate of drug-likeness (QED) is 0.420. The standard InChI is InChI=1S/C29H28FNO6/c1-35-29(34)23-10-8-22(9-11-23)24-14-26(28(33)31-16-19-6-12-25(30)13-7-19)37-27(15-24)36-18-21-4-2-20(17-32)3-5-21/h2-14,24,27,32H,15-18H2,1H3,(H,31,33). The Bertz CT molecular complexity index is 1240. The van der Waals surface area contributed by atoms with Crippen molar-refractivity contribution < 1.29 is 33.3 Å². The number of rotatable bonds is 9. The van der Waals surface area contributed by atoms with Crippen LogP contribution in [0, 0.1) is 5.82 Å². The van der Waals surface area contributed by atoms with Crippen molar-refractivity contribution in [1.29, 1.82) is 0 Å². The van der Waals surface area contributed by atoms with Crippen LogP contribution in [-0.2, 0) is 38.8 Å². The minimum Gasteiger partial charge on any atom is -0.465 e. The van der Waals surface area contributed by atoms with Crippen molar-refractivity contribution in [2.45, 2.75) is 38.4 Å². The zero-order chi connectivity index (χ0) is 26.2. The number of aliphatic hydroxyl groups is 1. The Morgan fingerprint density at radius 2 is 1.62 bits per heavy atom. The molecule has 0 aromatic heterocycles. The molecule has 3 aromatic rings. The molecule has 192 valence electrons. The molecule has 3 aromatic carbocycles. The number of amides is 1. The number of ether oxygens (including phenoxy) is 3. The van der Waals surface area contributed by atoms with Crippen LogP contribution in [0.15, 0.2) is 84.6 Å². The molecule has 2 N–H and O–H groups in total. The Labute approximate surface area is 214 Å². The number of nitrogens with one attached hydrogen (secondary N) is 1. The zero-order valence-electron chi connectivity index (χ0n) is 20.4. The number of methoxy groups -OCH3 is 1. The van der Waals surface area contributed by atoms with Gasteiger partial charge in [-0.05, 0) is 52.6 Å². The molecular weight excluding hydrogens is 477 g/mol. The van der Waals surface area contributed by atoms with E-state index >= 15 is 0 Å². The lowest BCUT2D eigenvalue weighted by atomic mass is 9.92. The van der Waals surface area contributed by atoms with Gasteiger partial charge in [-0.25, -0.2) is 9.18 Å². The molecule has 2 unspecified atom stereocenters. The van der Waals surface area contributed by atoms with E-state index in [1.807, 2.05) is 36.4 Å². The second kappa shape index (κ2) is 12.3. The van der Waals surface area contributed by atoms with Gasteiger partial charge in [-0.1, -0.05) is 48.5 Å². The fraction of sp³-hybridized carbons (Fsp3) is 0.241. The van der Waals surface area contributed by atoms with Gasteiger partial charge in [-0.3, -0.25) is 4.79 Å². The highest BCUT2D eigenvalue weighted by molar-refractivity contribution is 5.91. The first-order valence-electron chi connectivity index (χ1n) is 11.8. The van der Waals surface area contributed by atoms with Crippen LogP contribution in [0.2, 0.25) is 0 Å². The maximum absolute atomic E-state index is 13.2. The Morgan fingerprint density at radius 3 is 2.27 bits per heavy atom. The summed E-state index contributed by atoms with van der Waals surface area (Å²) in [5.41, 5.74) is 3.77. The van der Waals surface area contributed by atoms with E-state index in [4.69, 9.17) is 14.2 Å². The van der Waals surface area contributed by atoms with Gasteiger partial charge in [0.15, 0.2) is 5.76 Å². The van der Waals surface area contributed by atoms with Gasteiger partial charge in [-0.2, -0.15) is 0 Å². The number of allylic oxidation sites excluding steroid dienone is 1. The molecule has 1 amide bonds. The number of hydrogen-bond donors (Lipinski definition) is 2. The summed E-state index contributed by atoms with van der Waals surface area (Å²) >= 11 is 0. The molecule has 0 aliphatic carbocycles. The van der Waals surface area contributed by atoms with Gasteiger partial charge < -0.3 is 24.6 Å². The minimum absolute atomic E-state index is 0.0372. The molecule has 1 heterocycles. The number of benzene rings is 3. The maximum atomic E-state index is 13.2. The molecule has 8 heteroatoms. The predicted molar refractivity (Wildman–Crippen MR) is 133 cm³/mol. The SMILES string of the molecule is COC(=O)c1ccc(C2C=C(C(=O)NCc3ccc(F)cc3)OC(OCc3ccc(CO)cc3)C2)cc1. The Balaban J connectivity index is 1.49. The molecule has 0 bridgehead atoms. The second-order valence-corrected chi connectivity index (χ2v) is 8.63. The third kappa shape index (κ3) is 7.03. The second-order valence-electron chi connectivity index (χ2n) is 8.63. The van der Waals surface area contributed by atoms with Crippen molar-refractivity contribution in [3.05, 3.63) is 118 Å². The molecule has 7 nitrogen and oxygen atoms in total. The molecule has 0 saturated heterocycles. The lowest BCUT2D eigenvalue weighted by Crippen LogP contribution is -2.32. The third-order valence-electron chi connectivity index (χ3n) is 6.05. The van der Waals surface area contributed by atoms with E-state index in [-0.39, 0.29) is 37.3 Å². The normalized spacial score (nSPS) is 16.9. The van der Waals surface area contributed by atoms with Gasteiger partial charge >= 0.3 is 5.97 Å². The summed E-state index contributed by atoms with van der Waals surface area (Å²) in [6.45, 7) is 0.431. The Hall–Kier alpha value is -4.01. The van der Waals surface area contributed by atoms with E-state index in [9.17, 15) is 19.1 Å². The van der Waals surface area contributed by atoms with Crippen molar-refractivity contribution in [2.24, 2.45) is 0 Å². The van der Waals surface area contributed by atoms with E-state index in [1.165, 1.54) is 19.2 Å². The van der Waals surface area contributed by atoms with Crippen LogP contribution >= 0.6 is 0 Å². The molecule has 0 spiro atoms. The highest BCUT2D eigenvalue weighted by Gasteiger charge is 2.29. The summed E-state index contributed by atoms with van der Waals surface area (Å²) in [5, 5.41) is 12.0. The topological polar surface area (TPSA) is 94.1 Å². The van der Waals surface area contributed by atoms with Crippen LogP contribution in [0.4, 0.5) is 4.39 Å². The van der Waals surface area contributed by atoms with Crippen LogP contribution in [0.3, 0.4) is 0 Å². The van der Waals surface area contributed by atoms with Crippen LogP contribution in [0.5, 0.6) is 0 Å². The Kier molecular flexibility index (Phi) is 8.66. The molecule has 2 atom stereocenters. The summed E-state index contributed by atoms with van der Waals surface area (Å²) in [6, 6.07) is 20.2. The maximum Gasteiger partial charge on any atom is 0.337 e. The lowest BCUT2D eigenvalue weighted by Gasteiger charge is -2.29. The van der Waals surface area contributed by atoms with Gasteiger partial charge in [0.1, 0.15) is 5.82 Å². The van der Waals surface area contributed by atoms with Crippen molar-refractivity contribution in [2.75, 3.05) is 7.11 Å². The third-order valence-corrected chi connectivity index (χ3v) is 6.05. The van der Waals surface area contributed by atoms with Gasteiger partial charge in [0.25, 0.3) is 5.91 Å². The first kappa shape index (κ1) is 26.1. The molecule has 0 radical (unpaired) electrons. The smallest absolute Gasteiger partial charge is 0.337 e. The first-order valence-corrected chi connectivity index (χ1v) is 11.8. The number of halogens is 1. The molecule has 0 fully saturated rings. The minimum atomic E-state index is -0.695. The van der Waals surface area contributed by atoms with E-state index < -0.39 is 18.2 Å². The summed E-state index contributed by atoms with van der Waals surface area (Å²) in [7, 11) is 1.33. The molecular formula is C29H28FNO6. The van der Waals surface area contributed by atoms with Crippen LogP contribution in [0.1, 0.15) is 45.0 Å². The fourth-order valence-corrected chi connectivity index (χ4v) is 3.94. The van der Waals surface area contributed by atoms with Crippen LogP contribution in [0.25, 0.3) is 0 Å². The van der Waals surface area contributed by atoms with E-state index in [1.54, 1.807) is 30.3 Å². The van der Waals surface area contributed by atoms with Gasteiger partial charge in [-0.15, -0.1) is 0 Å². The molecule has 0 saturated carbocycles. The molecule has 1 aliphatic heterocycles. The van der Waals surface area contributed by atoms with Gasteiger partial charge in [0, 0.05) is 18.9 Å². The lowest BCUT2D eigenvalue weighted by molar-refractivity contribution is -0.150. The molecule has 4 rings (SSSR count). The number of hydrogen-bond acceptors (Lipinski definition) is 6. The number of carbonyl (C=O) groups excluding carboxylic acids is 2. The number of esters is 1. The van der Waals surface area contributed by atoms with Gasteiger partial charge in [0.2, 0.25) is 6.29 Å². The molecule has 1 aliphatic rings. The van der Waals surface area contributed by atoms with E-state index in [0.29, 0.717) is 12.0 Å². The highest BCUT2D eigenvalue weighted by Crippen LogP contribution is 2.32. The van der Waals surface area contributed by atoms with Crippen molar-refractivity contribution in [3.8, 4) is 0 Å². The number of carbonyl (C=O) groups is 2. The summed E-state index contributed by atoms with van der Waals surface area (Å²) in [5.74, 6) is -1.27. The monoisotopic (exact) mass is 505 g/mol. The average Bonchev–Trinajstić information content (AvgIpc) is 2.95. The van der Waals surface area contributed by atoms with E-state index in [0.717, 1.165) is 22.3 Å². The predicted octanol–water partition coefficient (Wildman–Crippen LogP) is 4.35. The van der Waals surface area contributed by atoms with Crippen molar-refractivity contribution >= 4 is 11.9 Å². The van der Waals surface area contributed by atoms with Crippen LogP contribution in [-0.4, -0.2) is 30.4 Å².